The minimum Gasteiger partial charge on any atom is -0.479 e. The molecule has 0 unspecified atom stereocenters. The maximum Gasteiger partial charge on any atom is 0.209 e. The van der Waals surface area contributed by atoms with Crippen molar-refractivity contribution in [3.8, 4) is 24.2 Å². The Hall–Kier alpha value is -2.24. The molecule has 0 atom stereocenters. The van der Waals surface area contributed by atoms with Gasteiger partial charge >= 0.3 is 0 Å². The van der Waals surface area contributed by atoms with Crippen molar-refractivity contribution in [2.24, 2.45) is 4.99 Å². The lowest BCUT2D eigenvalue weighted by molar-refractivity contribution is 0.370. The number of ether oxygens (including phenoxy) is 1. The molecule has 1 aromatic carbocycles. The van der Waals surface area contributed by atoms with Gasteiger partial charge in [0.15, 0.2) is 5.82 Å². The summed E-state index contributed by atoms with van der Waals surface area (Å²) >= 11 is 5.88. The third kappa shape index (κ3) is 3.65. The van der Waals surface area contributed by atoms with Crippen molar-refractivity contribution in [2.75, 3.05) is 19.7 Å². The molecule has 1 fully saturated rings. The first-order chi connectivity index (χ1) is 10.2. The molecule has 4 nitrogen and oxygen atoms in total. The molecule has 0 amide bonds. The maximum absolute atomic E-state index is 13.9. The zero-order valence-corrected chi connectivity index (χ0v) is 12.0. The molecular weight excluding hydrogens is 293 g/mol. The molecule has 1 aromatic rings. The number of amidine groups is 1. The lowest BCUT2D eigenvalue weighted by Crippen LogP contribution is -2.26. The molecule has 6 heteroatoms. The summed E-state index contributed by atoms with van der Waals surface area (Å²) in [7, 11) is 0. The fourth-order valence-corrected chi connectivity index (χ4v) is 2.25. The Morgan fingerprint density at radius 3 is 2.81 bits per heavy atom. The van der Waals surface area contributed by atoms with E-state index in [0.717, 1.165) is 32.0 Å². The van der Waals surface area contributed by atoms with E-state index in [9.17, 15) is 9.65 Å². The van der Waals surface area contributed by atoms with Crippen LogP contribution in [0.4, 0.5) is 10.1 Å². The second kappa shape index (κ2) is 6.97. The van der Waals surface area contributed by atoms with Crippen molar-refractivity contribution in [1.82, 2.24) is 4.90 Å². The first-order valence-corrected chi connectivity index (χ1v) is 6.82. The molecule has 0 aliphatic carbocycles. The van der Waals surface area contributed by atoms with Crippen LogP contribution in [0.25, 0.3) is 0 Å². The van der Waals surface area contributed by atoms with Gasteiger partial charge in [-0.1, -0.05) is 17.5 Å². The maximum atomic E-state index is 13.9. The van der Waals surface area contributed by atoms with Crippen molar-refractivity contribution in [3.63, 3.8) is 0 Å². The highest BCUT2D eigenvalue weighted by atomic mass is 35.5. The van der Waals surface area contributed by atoms with E-state index in [1.165, 1.54) is 6.07 Å². The van der Waals surface area contributed by atoms with Crippen molar-refractivity contribution in [1.29, 1.82) is 5.26 Å². The summed E-state index contributed by atoms with van der Waals surface area (Å²) in [6.07, 6.45) is 7.11. The fraction of sp³-hybridized carbons (Fsp3) is 0.333. The van der Waals surface area contributed by atoms with Crippen LogP contribution in [-0.2, 0) is 0 Å². The van der Waals surface area contributed by atoms with E-state index in [4.69, 9.17) is 22.8 Å². The zero-order chi connectivity index (χ0) is 15.2. The quantitative estimate of drug-likeness (QED) is 0.490. The lowest BCUT2D eigenvalue weighted by Gasteiger charge is -2.14. The number of halogens is 2. The molecule has 2 rings (SSSR count). The van der Waals surface area contributed by atoms with Crippen LogP contribution >= 0.6 is 11.6 Å². The average molecular weight is 306 g/mol. The second-order valence-corrected chi connectivity index (χ2v) is 4.88. The number of benzene rings is 1. The van der Waals surface area contributed by atoms with Crippen LogP contribution in [-0.4, -0.2) is 30.4 Å². The third-order valence-electron chi connectivity index (χ3n) is 3.04. The summed E-state index contributed by atoms with van der Waals surface area (Å²) in [6, 6.07) is 4.45. The van der Waals surface area contributed by atoms with Crippen molar-refractivity contribution < 1.29 is 9.13 Å². The average Bonchev–Trinajstić information content (AvgIpc) is 2.99. The number of rotatable bonds is 3. The molecule has 0 N–H and O–H groups in total. The predicted octanol–water partition coefficient (Wildman–Crippen LogP) is 3.14. The highest BCUT2D eigenvalue weighted by Crippen LogP contribution is 2.32. The summed E-state index contributed by atoms with van der Waals surface area (Å²) < 4.78 is 19.1. The van der Waals surface area contributed by atoms with E-state index in [1.54, 1.807) is 0 Å². The summed E-state index contributed by atoms with van der Waals surface area (Å²) in [6.45, 7) is 1.52. The first-order valence-electron chi connectivity index (χ1n) is 6.44. The van der Waals surface area contributed by atoms with E-state index < -0.39 is 5.82 Å². The van der Waals surface area contributed by atoms with Gasteiger partial charge in [0, 0.05) is 19.2 Å². The van der Waals surface area contributed by atoms with Gasteiger partial charge in [0.1, 0.15) is 24.1 Å². The van der Waals surface area contributed by atoms with Crippen molar-refractivity contribution >= 4 is 23.1 Å². The van der Waals surface area contributed by atoms with Crippen LogP contribution in [0.15, 0.2) is 17.1 Å². The minimum atomic E-state index is -0.611. The Kier molecular flexibility index (Phi) is 5.03. The fourth-order valence-electron chi connectivity index (χ4n) is 2.04. The number of nitriles is 1. The monoisotopic (exact) mass is 305 g/mol. The van der Waals surface area contributed by atoms with Crippen LogP contribution in [0.1, 0.15) is 12.8 Å². The Labute approximate surface area is 127 Å². The van der Waals surface area contributed by atoms with E-state index >= 15 is 0 Å². The molecule has 0 spiro atoms. The number of hydrogen-bond acceptors (Lipinski definition) is 3. The van der Waals surface area contributed by atoms with E-state index in [1.807, 2.05) is 11.0 Å². The van der Waals surface area contributed by atoms with Crippen molar-refractivity contribution in [3.05, 3.63) is 23.0 Å². The largest absolute Gasteiger partial charge is 0.479 e. The topological polar surface area (TPSA) is 48.6 Å². The van der Waals surface area contributed by atoms with Gasteiger partial charge in [0.05, 0.1) is 5.02 Å². The molecule has 0 bridgehead atoms. The lowest BCUT2D eigenvalue weighted by atomic mass is 10.3. The van der Waals surface area contributed by atoms with Gasteiger partial charge in [0.25, 0.3) is 0 Å². The Morgan fingerprint density at radius 2 is 2.19 bits per heavy atom. The van der Waals surface area contributed by atoms with Crippen molar-refractivity contribution in [2.45, 2.75) is 12.8 Å². The smallest absolute Gasteiger partial charge is 0.209 e. The molecular formula is C15H13ClFN3O. The van der Waals surface area contributed by atoms with Gasteiger partial charge in [-0.05, 0) is 18.9 Å². The van der Waals surface area contributed by atoms with E-state index in [2.05, 4.69) is 10.9 Å². The van der Waals surface area contributed by atoms with Gasteiger partial charge in [-0.15, -0.1) is 6.42 Å². The zero-order valence-electron chi connectivity index (χ0n) is 11.3. The van der Waals surface area contributed by atoms with Crippen LogP contribution in [0, 0.1) is 29.5 Å². The van der Waals surface area contributed by atoms with Gasteiger partial charge in [-0.25, -0.2) is 9.38 Å². The Balaban J connectivity index is 2.33. The van der Waals surface area contributed by atoms with E-state index in [-0.39, 0.29) is 28.9 Å². The van der Waals surface area contributed by atoms with Gasteiger partial charge in [0.2, 0.25) is 5.84 Å². The number of nitrogens with zero attached hydrogens (tertiary/aromatic N) is 3. The third-order valence-corrected chi connectivity index (χ3v) is 3.34. The molecule has 1 aliphatic rings. The molecule has 1 heterocycles. The van der Waals surface area contributed by atoms with Gasteiger partial charge in [-0.3, -0.25) is 0 Å². The van der Waals surface area contributed by atoms with Crippen LogP contribution in [0.2, 0.25) is 5.02 Å². The Bertz CT molecular complexity index is 640. The molecule has 1 aliphatic heterocycles. The molecule has 0 radical (unpaired) electrons. The highest BCUT2D eigenvalue weighted by Gasteiger charge is 2.17. The normalized spacial score (nSPS) is 14.7. The highest BCUT2D eigenvalue weighted by molar-refractivity contribution is 6.32. The molecule has 0 saturated carbocycles. The second-order valence-electron chi connectivity index (χ2n) is 4.47. The van der Waals surface area contributed by atoms with Crippen LogP contribution < -0.4 is 4.74 Å². The summed E-state index contributed by atoms with van der Waals surface area (Å²) in [5, 5.41) is 9.29. The Morgan fingerprint density at radius 1 is 1.48 bits per heavy atom. The summed E-state index contributed by atoms with van der Waals surface area (Å²) in [5.41, 5.74) is 0.00914. The standard InChI is InChI=1S/C15H13ClFN3O/c1-2-7-21-14-9-13(12(17)8-11(14)16)19-15(10-18)20-5-3-4-6-20/h1,8-9H,3-7H2. The van der Waals surface area contributed by atoms with Crippen LogP contribution in [0.3, 0.4) is 0 Å². The molecule has 1 saturated heterocycles. The van der Waals surface area contributed by atoms with Crippen LogP contribution in [0.5, 0.6) is 5.75 Å². The minimum absolute atomic E-state index is 0.00914. The number of hydrogen-bond donors (Lipinski definition) is 0. The van der Waals surface area contributed by atoms with Gasteiger partial charge in [-0.2, -0.15) is 5.26 Å². The van der Waals surface area contributed by atoms with E-state index in [0.29, 0.717) is 0 Å². The number of aliphatic imine (C=N–C) groups is 1. The molecule has 108 valence electrons. The summed E-state index contributed by atoms with van der Waals surface area (Å²) in [4.78, 5) is 5.91. The predicted molar refractivity (Wildman–Crippen MR) is 79.3 cm³/mol. The molecule has 0 aromatic heterocycles. The summed E-state index contributed by atoms with van der Waals surface area (Å²) in [5.74, 6) is 2.13. The number of likely N-dealkylation sites (tertiary alicyclic amines) is 1. The SMILES string of the molecule is C#CCOc1cc(N=C(C#N)N2CCCC2)c(F)cc1Cl. The molecule has 21 heavy (non-hydrogen) atoms. The first kappa shape index (κ1) is 15.2. The van der Waals surface area contributed by atoms with Gasteiger partial charge < -0.3 is 9.64 Å². The number of terminal acetylenes is 1.